The standard InChI is InChI=1S/C39H30BN5/c1-5-15-29(16-6-1)37-41-38(30-17-7-2-8-18-30)43-39(42-37)31-25-27-34(28-26-31)45-36-24-14-13-23-35(36)44(33-21-11-4-12-22-33)40(45)32-19-9-3-10-20-32/h1-9,11-19,21-28H,10,20H2. The van der Waals surface area contributed by atoms with Gasteiger partial charge in [0.2, 0.25) is 0 Å². The zero-order chi connectivity index (χ0) is 30.0. The van der Waals surface area contributed by atoms with Crippen LogP contribution >= 0.6 is 0 Å². The summed E-state index contributed by atoms with van der Waals surface area (Å²) in [5.74, 6) is 1.97. The second-order valence-electron chi connectivity index (χ2n) is 11.2. The third-order valence-corrected chi connectivity index (χ3v) is 8.41. The van der Waals surface area contributed by atoms with E-state index in [1.165, 1.54) is 22.5 Å². The van der Waals surface area contributed by atoms with Crippen molar-refractivity contribution in [3.8, 4) is 34.2 Å². The molecule has 5 nitrogen and oxygen atoms in total. The van der Waals surface area contributed by atoms with Crippen LogP contribution in [0.4, 0.5) is 22.7 Å². The van der Waals surface area contributed by atoms with Crippen LogP contribution in [0.25, 0.3) is 34.2 Å². The van der Waals surface area contributed by atoms with Crippen LogP contribution in [0.2, 0.25) is 0 Å². The number of rotatable bonds is 6. The zero-order valence-corrected chi connectivity index (χ0v) is 24.7. The van der Waals surface area contributed by atoms with E-state index in [1.807, 2.05) is 60.7 Å². The maximum atomic E-state index is 4.94. The van der Waals surface area contributed by atoms with Crippen LogP contribution in [0.3, 0.4) is 0 Å². The van der Waals surface area contributed by atoms with E-state index in [9.17, 15) is 0 Å². The Kier molecular flexibility index (Phi) is 7.00. The minimum absolute atomic E-state index is 0.0205. The van der Waals surface area contributed by atoms with Gasteiger partial charge in [-0.2, -0.15) is 0 Å². The SMILES string of the molecule is C1=CCCC(B2N(c3ccccc3)c3ccccc3N2c2ccc(-c3nc(-c4ccccc4)nc(-c4ccccc4)n3)cc2)=C1. The van der Waals surface area contributed by atoms with Gasteiger partial charge in [-0.15, -0.1) is 0 Å². The predicted molar refractivity (Wildman–Crippen MR) is 186 cm³/mol. The normalized spacial score (nSPS) is 14.0. The molecule has 0 fully saturated rings. The van der Waals surface area contributed by atoms with Gasteiger partial charge in [0.25, 0.3) is 0 Å². The third kappa shape index (κ3) is 5.10. The molecule has 1 aliphatic carbocycles. The quantitative estimate of drug-likeness (QED) is 0.184. The van der Waals surface area contributed by atoms with Crippen molar-refractivity contribution >= 4 is 29.7 Å². The summed E-state index contributed by atoms with van der Waals surface area (Å²) in [5, 5.41) is 0. The van der Waals surface area contributed by atoms with E-state index in [-0.39, 0.29) is 6.98 Å². The molecule has 6 aromatic rings. The highest BCUT2D eigenvalue weighted by Crippen LogP contribution is 2.48. The summed E-state index contributed by atoms with van der Waals surface area (Å²) in [7, 11) is 0. The van der Waals surface area contributed by atoms with E-state index in [2.05, 4.69) is 107 Å². The number of allylic oxidation sites excluding steroid dienone is 4. The molecule has 0 N–H and O–H groups in total. The lowest BCUT2D eigenvalue weighted by atomic mass is 9.61. The first-order chi connectivity index (χ1) is 22.3. The van der Waals surface area contributed by atoms with Crippen molar-refractivity contribution in [1.82, 2.24) is 15.0 Å². The fraction of sp³-hybridized carbons (Fsp3) is 0.0513. The van der Waals surface area contributed by atoms with Gasteiger partial charge in [-0.25, -0.2) is 15.0 Å². The van der Waals surface area contributed by atoms with Crippen molar-refractivity contribution in [2.24, 2.45) is 0 Å². The first-order valence-electron chi connectivity index (χ1n) is 15.4. The number of benzene rings is 5. The second-order valence-corrected chi connectivity index (χ2v) is 11.2. The Hall–Kier alpha value is -5.75. The zero-order valence-electron chi connectivity index (χ0n) is 24.7. The summed E-state index contributed by atoms with van der Waals surface area (Å²) in [6.07, 6.45) is 8.79. The molecule has 0 saturated carbocycles. The minimum atomic E-state index is 0.0205. The molecule has 0 amide bonds. The van der Waals surface area contributed by atoms with E-state index in [0.29, 0.717) is 17.5 Å². The van der Waals surface area contributed by atoms with Crippen LogP contribution in [0, 0.1) is 0 Å². The van der Waals surface area contributed by atoms with Crippen LogP contribution in [0.15, 0.2) is 163 Å². The molecule has 8 rings (SSSR count). The molecule has 0 unspecified atom stereocenters. The van der Waals surface area contributed by atoms with Crippen molar-refractivity contribution in [3.63, 3.8) is 0 Å². The van der Waals surface area contributed by atoms with E-state index >= 15 is 0 Å². The van der Waals surface area contributed by atoms with Gasteiger partial charge in [-0.05, 0) is 61.4 Å². The first-order valence-corrected chi connectivity index (χ1v) is 15.4. The molecule has 1 aliphatic heterocycles. The van der Waals surface area contributed by atoms with Gasteiger partial charge in [0.05, 0.1) is 11.4 Å². The Morgan fingerprint density at radius 1 is 0.467 bits per heavy atom. The van der Waals surface area contributed by atoms with Crippen LogP contribution in [-0.4, -0.2) is 21.9 Å². The number of hydrogen-bond acceptors (Lipinski definition) is 5. The summed E-state index contributed by atoms with van der Waals surface area (Å²) in [6.45, 7) is 0.0205. The second kappa shape index (κ2) is 11.7. The van der Waals surface area contributed by atoms with Crippen molar-refractivity contribution in [2.75, 3.05) is 9.62 Å². The van der Waals surface area contributed by atoms with Crippen LogP contribution in [0.1, 0.15) is 12.8 Å². The highest BCUT2D eigenvalue weighted by molar-refractivity contribution is 6.79. The lowest BCUT2D eigenvalue weighted by Gasteiger charge is -2.32. The molecule has 2 heterocycles. The number of nitrogens with zero attached hydrogens (tertiary/aromatic N) is 5. The van der Waals surface area contributed by atoms with Crippen molar-refractivity contribution in [3.05, 3.63) is 163 Å². The molecule has 0 bridgehead atoms. The largest absolute Gasteiger partial charge is 0.416 e. The third-order valence-electron chi connectivity index (χ3n) is 8.41. The van der Waals surface area contributed by atoms with Crippen LogP contribution < -0.4 is 9.62 Å². The molecular formula is C39H30BN5. The number of aromatic nitrogens is 3. The molecule has 0 spiro atoms. The topological polar surface area (TPSA) is 45.2 Å². The van der Waals surface area contributed by atoms with E-state index in [0.717, 1.165) is 35.2 Å². The van der Waals surface area contributed by atoms with Crippen LogP contribution in [0.5, 0.6) is 0 Å². The maximum absolute atomic E-state index is 4.94. The Balaban J connectivity index is 1.23. The lowest BCUT2D eigenvalue weighted by Crippen LogP contribution is -2.45. The molecule has 214 valence electrons. The summed E-state index contributed by atoms with van der Waals surface area (Å²) in [6, 6.07) is 48.3. The number of hydrogen-bond donors (Lipinski definition) is 0. The van der Waals surface area contributed by atoms with Crippen LogP contribution in [-0.2, 0) is 0 Å². The van der Waals surface area contributed by atoms with Crippen molar-refractivity contribution in [1.29, 1.82) is 0 Å². The number of anilines is 4. The molecule has 45 heavy (non-hydrogen) atoms. The van der Waals surface area contributed by atoms with E-state index in [1.54, 1.807) is 0 Å². The van der Waals surface area contributed by atoms with Gasteiger partial charge in [0.15, 0.2) is 17.5 Å². The van der Waals surface area contributed by atoms with Crippen molar-refractivity contribution in [2.45, 2.75) is 12.8 Å². The van der Waals surface area contributed by atoms with Gasteiger partial charge < -0.3 is 9.62 Å². The van der Waals surface area contributed by atoms with Gasteiger partial charge in [0, 0.05) is 28.1 Å². The summed E-state index contributed by atoms with van der Waals surface area (Å²) in [5.41, 5.74) is 8.93. The fourth-order valence-corrected chi connectivity index (χ4v) is 6.28. The molecular weight excluding hydrogens is 549 g/mol. The predicted octanol–water partition coefficient (Wildman–Crippen LogP) is 9.47. The first kappa shape index (κ1) is 26.9. The Bertz CT molecular complexity index is 1950. The molecule has 5 aromatic carbocycles. The molecule has 1 aromatic heterocycles. The number of para-hydroxylation sites is 3. The van der Waals surface area contributed by atoms with Gasteiger partial charge in [-0.3, -0.25) is 0 Å². The molecule has 0 atom stereocenters. The molecule has 0 radical (unpaired) electrons. The Morgan fingerprint density at radius 2 is 0.911 bits per heavy atom. The minimum Gasteiger partial charge on any atom is -0.360 e. The highest BCUT2D eigenvalue weighted by Gasteiger charge is 2.44. The highest BCUT2D eigenvalue weighted by atomic mass is 15.3. The summed E-state index contributed by atoms with van der Waals surface area (Å²) >= 11 is 0. The Morgan fingerprint density at radius 3 is 1.40 bits per heavy atom. The monoisotopic (exact) mass is 579 g/mol. The van der Waals surface area contributed by atoms with Gasteiger partial charge >= 0.3 is 6.98 Å². The fourth-order valence-electron chi connectivity index (χ4n) is 6.28. The molecule has 0 saturated heterocycles. The Labute approximate surface area is 264 Å². The van der Waals surface area contributed by atoms with Crippen molar-refractivity contribution < 1.29 is 0 Å². The molecule has 6 heteroatoms. The summed E-state index contributed by atoms with van der Waals surface area (Å²) < 4.78 is 0. The molecule has 2 aliphatic rings. The van der Waals surface area contributed by atoms with Gasteiger partial charge in [0.1, 0.15) is 0 Å². The maximum Gasteiger partial charge on any atom is 0.416 e. The van der Waals surface area contributed by atoms with Gasteiger partial charge in [-0.1, -0.05) is 115 Å². The summed E-state index contributed by atoms with van der Waals surface area (Å²) in [4.78, 5) is 19.7. The average Bonchev–Trinajstić information content (AvgIpc) is 3.48. The average molecular weight is 580 g/mol. The van der Waals surface area contributed by atoms with E-state index in [4.69, 9.17) is 15.0 Å². The van der Waals surface area contributed by atoms with E-state index < -0.39 is 0 Å². The smallest absolute Gasteiger partial charge is 0.360 e. The number of fused-ring (bicyclic) bond motifs is 1. The lowest BCUT2D eigenvalue weighted by molar-refractivity contribution is 1.00.